The van der Waals surface area contributed by atoms with Gasteiger partial charge in [0, 0.05) is 6.04 Å². The van der Waals surface area contributed by atoms with Gasteiger partial charge < -0.3 is 11.1 Å². The lowest BCUT2D eigenvalue weighted by Gasteiger charge is -2.26. The quantitative estimate of drug-likeness (QED) is 0.726. The summed E-state index contributed by atoms with van der Waals surface area (Å²) in [6, 6.07) is 10.5. The smallest absolute Gasteiger partial charge is 0.0333 e. The van der Waals surface area contributed by atoms with Crippen LogP contribution >= 0.6 is 0 Å². The molecule has 0 radical (unpaired) electrons. The molecule has 1 aliphatic carbocycles. The second-order valence-corrected chi connectivity index (χ2v) is 5.70. The standard InChI is InChI=1S/C16H26N2/c1-13(12-18-11-10-14-6-5-7-14)16(17)15-8-3-2-4-9-15/h2-4,8-9,13-14,16,18H,5-7,10-12,17H2,1H3. The number of benzene rings is 1. The maximum atomic E-state index is 6.28. The Morgan fingerprint density at radius 2 is 2.00 bits per heavy atom. The normalized spacial score (nSPS) is 19.2. The van der Waals surface area contributed by atoms with E-state index in [-0.39, 0.29) is 6.04 Å². The van der Waals surface area contributed by atoms with Gasteiger partial charge in [0.25, 0.3) is 0 Å². The molecule has 100 valence electrons. The third-order valence-corrected chi connectivity index (χ3v) is 4.22. The first-order chi connectivity index (χ1) is 8.77. The van der Waals surface area contributed by atoms with Crippen molar-refractivity contribution in [3.8, 4) is 0 Å². The molecule has 1 aromatic rings. The molecule has 1 fully saturated rings. The van der Waals surface area contributed by atoms with Gasteiger partial charge >= 0.3 is 0 Å². The minimum absolute atomic E-state index is 0.141. The van der Waals surface area contributed by atoms with Gasteiger partial charge in [0.2, 0.25) is 0 Å². The SMILES string of the molecule is CC(CNCCC1CCC1)C(N)c1ccccc1. The summed E-state index contributed by atoms with van der Waals surface area (Å²) in [4.78, 5) is 0. The molecule has 1 saturated carbocycles. The van der Waals surface area contributed by atoms with E-state index in [2.05, 4.69) is 36.5 Å². The van der Waals surface area contributed by atoms with E-state index in [1.807, 2.05) is 6.07 Å². The van der Waals surface area contributed by atoms with Crippen LogP contribution in [0.15, 0.2) is 30.3 Å². The van der Waals surface area contributed by atoms with Crippen LogP contribution in [0.1, 0.15) is 44.2 Å². The Bertz CT molecular complexity index is 332. The summed E-state index contributed by atoms with van der Waals surface area (Å²) in [7, 11) is 0. The van der Waals surface area contributed by atoms with E-state index < -0.39 is 0 Å². The van der Waals surface area contributed by atoms with E-state index in [1.54, 1.807) is 0 Å². The second kappa shape index (κ2) is 6.91. The molecule has 2 heteroatoms. The van der Waals surface area contributed by atoms with Crippen LogP contribution in [-0.4, -0.2) is 13.1 Å². The van der Waals surface area contributed by atoms with Crippen molar-refractivity contribution < 1.29 is 0 Å². The molecule has 1 aliphatic rings. The van der Waals surface area contributed by atoms with Crippen LogP contribution < -0.4 is 11.1 Å². The van der Waals surface area contributed by atoms with Gasteiger partial charge in [-0.2, -0.15) is 0 Å². The lowest BCUT2D eigenvalue weighted by Crippen LogP contribution is -2.31. The number of nitrogens with one attached hydrogen (secondary N) is 1. The molecule has 3 N–H and O–H groups in total. The first-order valence-corrected chi connectivity index (χ1v) is 7.28. The largest absolute Gasteiger partial charge is 0.324 e. The minimum Gasteiger partial charge on any atom is -0.324 e. The second-order valence-electron chi connectivity index (χ2n) is 5.70. The van der Waals surface area contributed by atoms with Gasteiger partial charge in [-0.3, -0.25) is 0 Å². The van der Waals surface area contributed by atoms with Crippen molar-refractivity contribution in [3.63, 3.8) is 0 Å². The molecular weight excluding hydrogens is 220 g/mol. The number of rotatable bonds is 7. The summed E-state index contributed by atoms with van der Waals surface area (Å²) in [6.45, 7) is 4.40. The first-order valence-electron chi connectivity index (χ1n) is 7.28. The van der Waals surface area contributed by atoms with Gasteiger partial charge in [-0.05, 0) is 36.9 Å². The van der Waals surface area contributed by atoms with Crippen molar-refractivity contribution in [1.82, 2.24) is 5.32 Å². The highest BCUT2D eigenvalue weighted by atomic mass is 14.9. The van der Waals surface area contributed by atoms with Crippen LogP contribution in [-0.2, 0) is 0 Å². The van der Waals surface area contributed by atoms with Gasteiger partial charge in [0.15, 0.2) is 0 Å². The van der Waals surface area contributed by atoms with E-state index in [0.717, 1.165) is 19.0 Å². The Kier molecular flexibility index (Phi) is 5.21. The molecule has 0 aliphatic heterocycles. The van der Waals surface area contributed by atoms with Gasteiger partial charge in [-0.15, -0.1) is 0 Å². The Morgan fingerprint density at radius 1 is 1.28 bits per heavy atom. The fourth-order valence-corrected chi connectivity index (χ4v) is 2.55. The number of nitrogens with two attached hydrogens (primary N) is 1. The van der Waals surface area contributed by atoms with Crippen LogP contribution in [0.3, 0.4) is 0 Å². The zero-order valence-corrected chi connectivity index (χ0v) is 11.4. The summed E-state index contributed by atoms with van der Waals surface area (Å²) in [5.41, 5.74) is 7.52. The minimum atomic E-state index is 0.141. The van der Waals surface area contributed by atoms with Crippen molar-refractivity contribution in [1.29, 1.82) is 0 Å². The molecule has 0 amide bonds. The van der Waals surface area contributed by atoms with E-state index in [0.29, 0.717) is 5.92 Å². The Labute approximate surface area is 111 Å². The van der Waals surface area contributed by atoms with Crippen LogP contribution in [0.4, 0.5) is 0 Å². The Hall–Kier alpha value is -0.860. The topological polar surface area (TPSA) is 38.0 Å². The zero-order chi connectivity index (χ0) is 12.8. The van der Waals surface area contributed by atoms with Gasteiger partial charge in [0.05, 0.1) is 0 Å². The predicted octanol–water partition coefficient (Wildman–Crippen LogP) is 3.10. The van der Waals surface area contributed by atoms with Crippen molar-refractivity contribution in [2.24, 2.45) is 17.6 Å². The monoisotopic (exact) mass is 246 g/mol. The summed E-state index contributed by atoms with van der Waals surface area (Å²) >= 11 is 0. The van der Waals surface area contributed by atoms with Gasteiger partial charge in [-0.1, -0.05) is 56.5 Å². The maximum absolute atomic E-state index is 6.28. The first kappa shape index (κ1) is 13.6. The van der Waals surface area contributed by atoms with Crippen LogP contribution in [0, 0.1) is 11.8 Å². The Balaban J connectivity index is 1.65. The molecule has 0 aromatic heterocycles. The van der Waals surface area contributed by atoms with Crippen molar-refractivity contribution in [2.45, 2.75) is 38.6 Å². The molecule has 2 rings (SSSR count). The molecule has 0 spiro atoms. The lowest BCUT2D eigenvalue weighted by molar-refractivity contribution is 0.288. The van der Waals surface area contributed by atoms with Crippen LogP contribution in [0.5, 0.6) is 0 Å². The molecule has 2 unspecified atom stereocenters. The Morgan fingerprint density at radius 3 is 2.61 bits per heavy atom. The molecule has 0 heterocycles. The third-order valence-electron chi connectivity index (χ3n) is 4.22. The molecule has 0 bridgehead atoms. The van der Waals surface area contributed by atoms with Crippen molar-refractivity contribution >= 4 is 0 Å². The van der Waals surface area contributed by atoms with Crippen molar-refractivity contribution in [3.05, 3.63) is 35.9 Å². The molecule has 2 atom stereocenters. The third kappa shape index (κ3) is 3.82. The molecule has 18 heavy (non-hydrogen) atoms. The predicted molar refractivity (Wildman–Crippen MR) is 77.4 cm³/mol. The number of hydrogen-bond acceptors (Lipinski definition) is 2. The van der Waals surface area contributed by atoms with Crippen LogP contribution in [0.25, 0.3) is 0 Å². The van der Waals surface area contributed by atoms with Gasteiger partial charge in [0.1, 0.15) is 0 Å². The van der Waals surface area contributed by atoms with E-state index in [9.17, 15) is 0 Å². The van der Waals surface area contributed by atoms with Crippen molar-refractivity contribution in [2.75, 3.05) is 13.1 Å². The lowest BCUT2D eigenvalue weighted by atomic mass is 9.83. The molecule has 2 nitrogen and oxygen atoms in total. The van der Waals surface area contributed by atoms with E-state index >= 15 is 0 Å². The fraction of sp³-hybridized carbons (Fsp3) is 0.625. The van der Waals surface area contributed by atoms with Crippen LogP contribution in [0.2, 0.25) is 0 Å². The summed E-state index contributed by atoms with van der Waals surface area (Å²) in [5, 5.41) is 3.55. The maximum Gasteiger partial charge on any atom is 0.0333 e. The van der Waals surface area contributed by atoms with E-state index in [1.165, 1.54) is 31.2 Å². The molecular formula is C16H26N2. The summed E-state index contributed by atoms with van der Waals surface area (Å²) in [6.07, 6.45) is 5.68. The molecule has 1 aromatic carbocycles. The van der Waals surface area contributed by atoms with Gasteiger partial charge in [-0.25, -0.2) is 0 Å². The highest BCUT2D eigenvalue weighted by molar-refractivity contribution is 5.19. The highest BCUT2D eigenvalue weighted by Gasteiger charge is 2.17. The highest BCUT2D eigenvalue weighted by Crippen LogP contribution is 2.28. The van der Waals surface area contributed by atoms with E-state index in [4.69, 9.17) is 5.73 Å². The average molecular weight is 246 g/mol. The number of hydrogen-bond donors (Lipinski definition) is 2. The summed E-state index contributed by atoms with van der Waals surface area (Å²) < 4.78 is 0. The molecule has 0 saturated heterocycles. The fourth-order valence-electron chi connectivity index (χ4n) is 2.55. The summed E-state index contributed by atoms with van der Waals surface area (Å²) in [5.74, 6) is 1.48. The average Bonchev–Trinajstić information content (AvgIpc) is 2.36. The zero-order valence-electron chi connectivity index (χ0n) is 11.4.